The first kappa shape index (κ1) is 34.9. The molecule has 52 heavy (non-hydrogen) atoms. The van der Waals surface area contributed by atoms with Crippen LogP contribution in [0.1, 0.15) is 56.9 Å². The molecule has 0 spiro atoms. The molecule has 2 aromatic carbocycles. The van der Waals surface area contributed by atoms with Gasteiger partial charge in [-0.25, -0.2) is 17.2 Å². The molecule has 5 heterocycles. The maximum Gasteiger partial charge on any atom is 0.319 e. The predicted octanol–water partition coefficient (Wildman–Crippen LogP) is 5.88. The molecule has 3 unspecified atom stereocenters. The molecule has 8 rings (SSSR count). The number of hydrogen-bond acceptors (Lipinski definition) is 10. The number of fused-ring (bicyclic) bond motifs is 3. The van der Waals surface area contributed by atoms with E-state index in [4.69, 9.17) is 20.9 Å². The lowest BCUT2D eigenvalue weighted by molar-refractivity contribution is -0.00689. The van der Waals surface area contributed by atoms with E-state index in [1.807, 2.05) is 4.90 Å². The topological polar surface area (TPSA) is 118 Å². The van der Waals surface area contributed by atoms with Crippen molar-refractivity contribution in [1.82, 2.24) is 19.9 Å². The minimum absolute atomic E-state index is 0.00503. The monoisotopic (exact) mass is 731 g/mol. The van der Waals surface area contributed by atoms with Gasteiger partial charge in [0.15, 0.2) is 15.7 Å². The Morgan fingerprint density at radius 3 is 2.77 bits per heavy atom. The van der Waals surface area contributed by atoms with Crippen molar-refractivity contribution in [2.24, 2.45) is 11.3 Å². The van der Waals surface area contributed by atoms with E-state index in [-0.39, 0.29) is 68.4 Å². The molecule has 1 saturated carbocycles. The minimum atomic E-state index is -3.00. The first-order chi connectivity index (χ1) is 25.1. The molecule has 3 saturated heterocycles. The zero-order valence-corrected chi connectivity index (χ0v) is 29.9. The van der Waals surface area contributed by atoms with E-state index in [2.05, 4.69) is 20.8 Å². The lowest BCUT2D eigenvalue weighted by atomic mass is 9.75. The Morgan fingerprint density at radius 1 is 1.06 bits per heavy atom. The van der Waals surface area contributed by atoms with Gasteiger partial charge in [-0.1, -0.05) is 18.4 Å². The van der Waals surface area contributed by atoms with Crippen LogP contribution < -0.4 is 9.64 Å². The second-order valence-electron chi connectivity index (χ2n) is 14.9. The van der Waals surface area contributed by atoms with Gasteiger partial charge in [-0.15, -0.1) is 6.42 Å². The molecular formula is C39H43F2N5O5S. The van der Waals surface area contributed by atoms with Crippen LogP contribution in [0.2, 0.25) is 0 Å². The highest BCUT2D eigenvalue weighted by molar-refractivity contribution is 7.91. The highest BCUT2D eigenvalue weighted by atomic mass is 32.2. The molecule has 4 fully saturated rings. The number of nitrogens with zero attached hydrogens (tertiary/aromatic N) is 5. The van der Waals surface area contributed by atoms with E-state index in [1.165, 1.54) is 30.5 Å². The van der Waals surface area contributed by atoms with Crippen molar-refractivity contribution in [2.75, 3.05) is 62.4 Å². The van der Waals surface area contributed by atoms with Crippen LogP contribution in [0.15, 0.2) is 30.5 Å². The fourth-order valence-corrected chi connectivity index (χ4v) is 11.0. The third-order valence-electron chi connectivity index (χ3n) is 11.6. The number of aromatic hydroxyl groups is 1. The van der Waals surface area contributed by atoms with Crippen LogP contribution in [-0.2, 0) is 14.6 Å². The average molecular weight is 732 g/mol. The molecule has 274 valence electrons. The lowest BCUT2D eigenvalue weighted by Crippen LogP contribution is -2.53. The molecule has 3 atom stereocenters. The summed E-state index contributed by atoms with van der Waals surface area (Å²) in [6.07, 6.45) is 14.6. The molecule has 0 bridgehead atoms. The van der Waals surface area contributed by atoms with Crippen molar-refractivity contribution in [3.8, 4) is 35.4 Å². The van der Waals surface area contributed by atoms with E-state index in [9.17, 15) is 17.9 Å². The Balaban J connectivity index is 1.17. The van der Waals surface area contributed by atoms with Crippen molar-refractivity contribution >= 4 is 37.3 Å². The van der Waals surface area contributed by atoms with E-state index < -0.39 is 21.5 Å². The van der Waals surface area contributed by atoms with Crippen LogP contribution >= 0.6 is 0 Å². The molecule has 4 aliphatic rings. The highest BCUT2D eigenvalue weighted by Crippen LogP contribution is 2.48. The number of anilines is 1. The standard InChI is InChI=1S/C39H43F2N5O5S/c1-2-28-31(40)10-9-26-19-27(47)20-29(33(26)28)35-34(41)36-30(21-42-35)37(45-14-6-16-50-17-15-45)44-38(43-36)51-24-39-11-3-8-32(39)46(13-5-12-39)22-25-7-4-18-52(48,49)23-25/h1,9-10,19-21,25,32,47H,3-8,11-18,22-24H2. The predicted molar refractivity (Wildman–Crippen MR) is 195 cm³/mol. The SMILES string of the molecule is C#Cc1c(F)ccc2cc(O)cc(-c3ncc4c(N5CCCOCC5)nc(OCC56CCCC5N(CC5CCCS(=O)(=O)C5)CCC6)nc4c3F)c12. The van der Waals surface area contributed by atoms with Gasteiger partial charge in [0.05, 0.1) is 35.7 Å². The lowest BCUT2D eigenvalue weighted by Gasteiger charge is -2.47. The van der Waals surface area contributed by atoms with Crippen LogP contribution in [0.3, 0.4) is 0 Å². The van der Waals surface area contributed by atoms with Crippen LogP contribution in [0, 0.1) is 35.3 Å². The van der Waals surface area contributed by atoms with Gasteiger partial charge in [-0.2, -0.15) is 9.97 Å². The first-order valence-electron chi connectivity index (χ1n) is 18.3. The number of ether oxygens (including phenoxy) is 2. The summed E-state index contributed by atoms with van der Waals surface area (Å²) in [7, 11) is -3.00. The Hall–Kier alpha value is -4.12. The van der Waals surface area contributed by atoms with Crippen LogP contribution in [0.5, 0.6) is 11.8 Å². The molecule has 0 amide bonds. The number of aromatic nitrogens is 3. The summed E-state index contributed by atoms with van der Waals surface area (Å²) >= 11 is 0. The van der Waals surface area contributed by atoms with E-state index in [0.29, 0.717) is 49.5 Å². The molecule has 2 aromatic heterocycles. The summed E-state index contributed by atoms with van der Waals surface area (Å²) in [6.45, 7) is 4.32. The van der Waals surface area contributed by atoms with Gasteiger partial charge in [0.25, 0.3) is 0 Å². The number of phenolic OH excluding ortho intramolecular Hbond substituents is 1. The average Bonchev–Trinajstić information content (AvgIpc) is 3.37. The fourth-order valence-electron chi connectivity index (χ4n) is 9.26. The van der Waals surface area contributed by atoms with Gasteiger partial charge in [-0.3, -0.25) is 9.88 Å². The van der Waals surface area contributed by atoms with Crippen LogP contribution in [-0.4, -0.2) is 96.9 Å². The summed E-state index contributed by atoms with van der Waals surface area (Å²) in [4.78, 5) is 18.6. The second kappa shape index (κ2) is 14.0. The quantitative estimate of drug-likeness (QED) is 0.231. The molecule has 4 aromatic rings. The number of rotatable bonds is 7. The zero-order chi connectivity index (χ0) is 36.0. The number of hydrogen-bond donors (Lipinski definition) is 1. The first-order valence-corrected chi connectivity index (χ1v) is 20.2. The third-order valence-corrected chi connectivity index (χ3v) is 13.5. The number of terminal acetylenes is 1. The number of piperidine rings is 1. The van der Waals surface area contributed by atoms with Gasteiger partial charge in [-0.05, 0) is 81.0 Å². The number of sulfone groups is 1. The van der Waals surface area contributed by atoms with Gasteiger partial charge >= 0.3 is 6.01 Å². The maximum absolute atomic E-state index is 17.0. The zero-order valence-electron chi connectivity index (χ0n) is 29.1. The van der Waals surface area contributed by atoms with Crippen molar-refractivity contribution in [3.63, 3.8) is 0 Å². The molecule has 10 nitrogen and oxygen atoms in total. The van der Waals surface area contributed by atoms with Crippen molar-refractivity contribution in [2.45, 2.75) is 57.4 Å². The van der Waals surface area contributed by atoms with Gasteiger partial charge in [0, 0.05) is 54.8 Å². The van der Waals surface area contributed by atoms with E-state index >= 15 is 4.39 Å². The summed E-state index contributed by atoms with van der Waals surface area (Å²) in [5, 5.41) is 11.7. The fraction of sp³-hybridized carbons (Fsp3) is 0.513. The van der Waals surface area contributed by atoms with Crippen molar-refractivity contribution in [3.05, 3.63) is 47.7 Å². The number of phenols is 1. The van der Waals surface area contributed by atoms with E-state index in [1.54, 1.807) is 0 Å². The Morgan fingerprint density at radius 2 is 1.92 bits per heavy atom. The molecule has 13 heteroatoms. The van der Waals surface area contributed by atoms with Crippen LogP contribution in [0.4, 0.5) is 14.6 Å². The highest BCUT2D eigenvalue weighted by Gasteiger charge is 2.49. The Labute approximate surface area is 302 Å². The van der Waals surface area contributed by atoms with E-state index in [0.717, 1.165) is 64.5 Å². The Bertz CT molecular complexity index is 2170. The summed E-state index contributed by atoms with van der Waals surface area (Å²) in [5.74, 6) is 2.01. The Kier molecular flexibility index (Phi) is 9.42. The molecule has 3 aliphatic heterocycles. The summed E-state index contributed by atoms with van der Waals surface area (Å²) in [5.41, 5.74) is -0.197. The van der Waals surface area contributed by atoms with Gasteiger partial charge in [0.2, 0.25) is 0 Å². The molecule has 1 N–H and O–H groups in total. The third kappa shape index (κ3) is 6.54. The van der Waals surface area contributed by atoms with Gasteiger partial charge in [0.1, 0.15) is 28.6 Å². The van der Waals surface area contributed by atoms with Crippen LogP contribution in [0.25, 0.3) is 32.9 Å². The largest absolute Gasteiger partial charge is 0.508 e. The second-order valence-corrected chi connectivity index (χ2v) is 17.1. The van der Waals surface area contributed by atoms with Crippen molar-refractivity contribution < 1.29 is 31.8 Å². The van der Waals surface area contributed by atoms with Crippen molar-refractivity contribution in [1.29, 1.82) is 0 Å². The summed E-state index contributed by atoms with van der Waals surface area (Å²) in [6, 6.07) is 5.80. The maximum atomic E-state index is 17.0. The number of likely N-dealkylation sites (tertiary alicyclic amines) is 1. The number of benzene rings is 2. The minimum Gasteiger partial charge on any atom is -0.508 e. The normalized spacial score (nSPS) is 25.1. The number of halogens is 2. The smallest absolute Gasteiger partial charge is 0.319 e. The van der Waals surface area contributed by atoms with Gasteiger partial charge < -0.3 is 19.5 Å². The molecule has 1 aliphatic carbocycles. The number of pyridine rings is 1. The molecular weight excluding hydrogens is 689 g/mol. The summed E-state index contributed by atoms with van der Waals surface area (Å²) < 4.78 is 69.0. The molecule has 0 radical (unpaired) electrons.